The SMILES string of the molecule is CPn1nc(N[C@@H]2CCCNC2)c2c(Oc3ccc(C(=O)Nc4nc(C)cs4)cc3)ccnc21. The number of thiazole rings is 1. The van der Waals surface area contributed by atoms with Gasteiger partial charge in [0.2, 0.25) is 0 Å². The maximum Gasteiger partial charge on any atom is 0.257 e. The smallest absolute Gasteiger partial charge is 0.257 e. The molecule has 9 nitrogen and oxygen atoms in total. The van der Waals surface area contributed by atoms with Crippen LogP contribution in [0.15, 0.2) is 41.9 Å². The first kappa shape index (κ1) is 22.7. The van der Waals surface area contributed by atoms with E-state index in [0.29, 0.717) is 37.0 Å². The molecule has 2 atom stereocenters. The molecule has 4 aromatic rings. The molecule has 34 heavy (non-hydrogen) atoms. The van der Waals surface area contributed by atoms with E-state index < -0.39 is 0 Å². The third kappa shape index (κ3) is 4.89. The highest BCUT2D eigenvalue weighted by atomic mass is 32.1. The van der Waals surface area contributed by atoms with Crippen molar-refractivity contribution in [2.45, 2.75) is 25.8 Å². The summed E-state index contributed by atoms with van der Waals surface area (Å²) in [5.41, 5.74) is 2.21. The zero-order chi connectivity index (χ0) is 23.5. The number of aryl methyl sites for hydroxylation is 1. The molecule has 5 rings (SSSR count). The zero-order valence-corrected chi connectivity index (χ0v) is 20.8. The fraction of sp³-hybridized carbons (Fsp3) is 0.304. The Kier molecular flexibility index (Phi) is 6.71. The van der Waals surface area contributed by atoms with E-state index in [1.807, 2.05) is 22.8 Å². The first-order valence-electron chi connectivity index (χ1n) is 11.1. The highest BCUT2D eigenvalue weighted by molar-refractivity contribution is 7.35. The Morgan fingerprint density at radius 3 is 2.85 bits per heavy atom. The van der Waals surface area contributed by atoms with Gasteiger partial charge in [0.15, 0.2) is 16.6 Å². The van der Waals surface area contributed by atoms with Crippen LogP contribution in [-0.4, -0.2) is 51.2 Å². The molecular formula is C23H26N7O2PS. The van der Waals surface area contributed by atoms with E-state index in [0.717, 1.165) is 48.5 Å². The van der Waals surface area contributed by atoms with Gasteiger partial charge in [-0.15, -0.1) is 16.4 Å². The summed E-state index contributed by atoms with van der Waals surface area (Å²) in [5.74, 6) is 1.89. The molecule has 1 saturated heterocycles. The average molecular weight is 496 g/mol. The van der Waals surface area contributed by atoms with Gasteiger partial charge in [0.05, 0.1) is 5.69 Å². The lowest BCUT2D eigenvalue weighted by Crippen LogP contribution is -2.38. The zero-order valence-electron chi connectivity index (χ0n) is 19.0. The standard InChI is InChI=1S/C23H26N7O2PS/c1-14-13-34-23(26-14)28-22(31)15-5-7-17(8-6-15)32-18-9-11-25-21-19(18)20(29-30(21)33-2)27-16-4-3-10-24-12-16/h5-9,11,13,16,24,33H,3-4,10,12H2,1-2H3,(H,27,29)(H,26,28,31)/t16-/m1/s1. The number of pyridine rings is 1. The molecular weight excluding hydrogens is 469 g/mol. The van der Waals surface area contributed by atoms with Crippen molar-refractivity contribution in [3.05, 3.63) is 53.2 Å². The molecule has 0 radical (unpaired) electrons. The van der Waals surface area contributed by atoms with Gasteiger partial charge in [-0.2, -0.15) is 0 Å². The van der Waals surface area contributed by atoms with E-state index in [-0.39, 0.29) is 5.91 Å². The van der Waals surface area contributed by atoms with Crippen molar-refractivity contribution in [3.8, 4) is 11.5 Å². The van der Waals surface area contributed by atoms with Gasteiger partial charge in [0, 0.05) is 44.5 Å². The van der Waals surface area contributed by atoms with Crippen LogP contribution in [0.1, 0.15) is 28.9 Å². The van der Waals surface area contributed by atoms with Gasteiger partial charge < -0.3 is 15.4 Å². The molecule has 1 unspecified atom stereocenters. The van der Waals surface area contributed by atoms with Crippen LogP contribution in [0.25, 0.3) is 11.0 Å². The van der Waals surface area contributed by atoms with Gasteiger partial charge in [-0.3, -0.25) is 10.1 Å². The monoisotopic (exact) mass is 495 g/mol. The van der Waals surface area contributed by atoms with Crippen molar-refractivity contribution in [2.24, 2.45) is 0 Å². The molecule has 0 spiro atoms. The number of nitrogens with zero attached hydrogens (tertiary/aromatic N) is 4. The Bertz CT molecular complexity index is 1300. The fourth-order valence-corrected chi connectivity index (χ4v) is 5.17. The normalized spacial score (nSPS) is 16.2. The topological polar surface area (TPSA) is 106 Å². The van der Waals surface area contributed by atoms with E-state index in [2.05, 4.69) is 32.6 Å². The molecule has 1 aliphatic heterocycles. The summed E-state index contributed by atoms with van der Waals surface area (Å²) in [6.07, 6.45) is 3.96. The van der Waals surface area contributed by atoms with Crippen molar-refractivity contribution in [1.82, 2.24) is 24.8 Å². The third-order valence-electron chi connectivity index (χ3n) is 5.56. The summed E-state index contributed by atoms with van der Waals surface area (Å²) in [5, 5.41) is 18.0. The highest BCUT2D eigenvalue weighted by Crippen LogP contribution is 2.36. The molecule has 0 bridgehead atoms. The molecule has 1 aromatic carbocycles. The Labute approximate surface area is 203 Å². The van der Waals surface area contributed by atoms with Crippen LogP contribution in [0.4, 0.5) is 10.9 Å². The van der Waals surface area contributed by atoms with Crippen molar-refractivity contribution < 1.29 is 9.53 Å². The molecule has 11 heteroatoms. The van der Waals surface area contributed by atoms with Crippen LogP contribution in [-0.2, 0) is 0 Å². The van der Waals surface area contributed by atoms with Gasteiger partial charge in [-0.05, 0) is 57.2 Å². The predicted molar refractivity (Wildman–Crippen MR) is 138 cm³/mol. The van der Waals surface area contributed by atoms with Gasteiger partial charge in [0.1, 0.15) is 16.9 Å². The van der Waals surface area contributed by atoms with Gasteiger partial charge in [-0.1, -0.05) is 0 Å². The minimum atomic E-state index is -0.204. The second-order valence-corrected chi connectivity index (χ2v) is 9.78. The Morgan fingerprint density at radius 1 is 1.29 bits per heavy atom. The summed E-state index contributed by atoms with van der Waals surface area (Å²) < 4.78 is 8.16. The van der Waals surface area contributed by atoms with Crippen LogP contribution < -0.4 is 20.7 Å². The van der Waals surface area contributed by atoms with Crippen LogP contribution in [0.3, 0.4) is 0 Å². The lowest BCUT2D eigenvalue weighted by molar-refractivity contribution is 0.102. The number of aromatic nitrogens is 4. The molecule has 1 amide bonds. The number of carbonyl (C=O) groups excluding carboxylic acids is 1. The van der Waals surface area contributed by atoms with Crippen LogP contribution >= 0.6 is 20.1 Å². The van der Waals surface area contributed by atoms with Crippen molar-refractivity contribution in [3.63, 3.8) is 0 Å². The lowest BCUT2D eigenvalue weighted by atomic mass is 10.1. The second kappa shape index (κ2) is 10.0. The average Bonchev–Trinajstić information content (AvgIpc) is 3.43. The molecule has 3 N–H and O–H groups in total. The number of carbonyl (C=O) groups is 1. The molecule has 1 fully saturated rings. The fourth-order valence-electron chi connectivity index (χ4n) is 3.91. The molecule has 0 saturated carbocycles. The molecule has 3 aromatic heterocycles. The molecule has 1 aliphatic rings. The summed E-state index contributed by atoms with van der Waals surface area (Å²) in [6, 6.07) is 9.23. The van der Waals surface area contributed by atoms with E-state index in [1.54, 1.807) is 30.5 Å². The van der Waals surface area contributed by atoms with Gasteiger partial charge >= 0.3 is 0 Å². The number of amides is 1. The first-order chi connectivity index (χ1) is 16.6. The number of anilines is 2. The summed E-state index contributed by atoms with van der Waals surface area (Å²) in [6.45, 7) is 5.93. The van der Waals surface area contributed by atoms with Crippen molar-refractivity contribution in [1.29, 1.82) is 0 Å². The van der Waals surface area contributed by atoms with Crippen molar-refractivity contribution >= 4 is 48.0 Å². The largest absolute Gasteiger partial charge is 0.456 e. The van der Waals surface area contributed by atoms with E-state index in [4.69, 9.17) is 9.84 Å². The second-order valence-electron chi connectivity index (χ2n) is 8.05. The molecule has 4 heterocycles. The van der Waals surface area contributed by atoms with Gasteiger partial charge in [-0.25, -0.2) is 14.4 Å². The van der Waals surface area contributed by atoms with E-state index in [1.165, 1.54) is 11.3 Å². The number of benzene rings is 1. The van der Waals surface area contributed by atoms with Crippen molar-refractivity contribution in [2.75, 3.05) is 30.4 Å². The maximum atomic E-state index is 12.5. The van der Waals surface area contributed by atoms with E-state index in [9.17, 15) is 4.79 Å². The number of ether oxygens (including phenoxy) is 1. The van der Waals surface area contributed by atoms with Gasteiger partial charge in [0.25, 0.3) is 5.91 Å². The minimum absolute atomic E-state index is 0.204. The Morgan fingerprint density at radius 2 is 2.15 bits per heavy atom. The summed E-state index contributed by atoms with van der Waals surface area (Å²) >= 11 is 1.41. The quantitative estimate of drug-likeness (QED) is 0.325. The lowest BCUT2D eigenvalue weighted by Gasteiger charge is -2.23. The summed E-state index contributed by atoms with van der Waals surface area (Å²) in [4.78, 5) is 21.4. The number of hydrogen-bond acceptors (Lipinski definition) is 8. The van der Waals surface area contributed by atoms with Crippen LogP contribution in [0.5, 0.6) is 11.5 Å². The number of rotatable bonds is 7. The number of piperidine rings is 1. The van der Waals surface area contributed by atoms with Crippen LogP contribution in [0, 0.1) is 6.92 Å². The first-order valence-corrected chi connectivity index (χ1v) is 13.5. The van der Waals surface area contributed by atoms with Crippen LogP contribution in [0.2, 0.25) is 0 Å². The Hall–Kier alpha value is -3.07. The molecule has 0 aliphatic carbocycles. The third-order valence-corrected chi connectivity index (χ3v) is 7.17. The number of nitrogens with one attached hydrogen (secondary N) is 3. The molecule has 176 valence electrons. The summed E-state index contributed by atoms with van der Waals surface area (Å²) in [7, 11) is 0.449. The number of hydrogen-bond donors (Lipinski definition) is 3. The highest BCUT2D eigenvalue weighted by Gasteiger charge is 2.21. The number of fused-ring (bicyclic) bond motifs is 1. The Balaban J connectivity index is 1.37. The maximum absolute atomic E-state index is 12.5. The minimum Gasteiger partial charge on any atom is -0.456 e. The van der Waals surface area contributed by atoms with E-state index >= 15 is 0 Å². The predicted octanol–water partition coefficient (Wildman–Crippen LogP) is 4.48.